The predicted octanol–water partition coefficient (Wildman–Crippen LogP) is 3.02. The number of pyridine rings is 2. The Morgan fingerprint density at radius 2 is 1.80 bits per heavy atom. The second kappa shape index (κ2) is 9.56. The zero-order chi connectivity index (χ0) is 18.1. The normalized spacial score (nSPS) is 11.4. The lowest BCUT2D eigenvalue weighted by Crippen LogP contribution is -2.19. The van der Waals surface area contributed by atoms with Crippen LogP contribution in [0.25, 0.3) is 10.9 Å². The highest BCUT2D eigenvalue weighted by molar-refractivity contribution is 5.88. The molecule has 0 amide bonds. The molecule has 3 aromatic rings. The van der Waals surface area contributed by atoms with Gasteiger partial charge < -0.3 is 19.9 Å². The van der Waals surface area contributed by atoms with Crippen molar-refractivity contribution in [2.45, 2.75) is 13.0 Å². The van der Waals surface area contributed by atoms with Crippen molar-refractivity contribution in [1.82, 2.24) is 15.3 Å². The molecule has 1 aromatic carbocycles. The topological polar surface area (TPSA) is 76.5 Å². The fourth-order valence-electron chi connectivity index (χ4n) is 2.18. The Bertz CT molecular complexity index is 779. The lowest BCUT2D eigenvalue weighted by molar-refractivity contribution is 0.194. The van der Waals surface area contributed by atoms with Crippen LogP contribution in [0.15, 0.2) is 54.9 Å². The van der Waals surface area contributed by atoms with Crippen LogP contribution in [0.1, 0.15) is 6.92 Å². The summed E-state index contributed by atoms with van der Waals surface area (Å²) in [5, 5.41) is 12.2. The molecule has 0 saturated carbocycles. The highest BCUT2D eigenvalue weighted by atomic mass is 16.5. The summed E-state index contributed by atoms with van der Waals surface area (Å²) in [5.74, 6) is 2.01. The van der Waals surface area contributed by atoms with Crippen LogP contribution in [0.4, 0.5) is 0 Å². The molecule has 0 aliphatic rings. The molecule has 0 spiro atoms. The zero-order valence-corrected chi connectivity index (χ0v) is 14.6. The average molecular weight is 341 g/mol. The number of nitrogens with one attached hydrogen (secondary N) is 1. The van der Waals surface area contributed by atoms with E-state index in [1.54, 1.807) is 26.4 Å². The van der Waals surface area contributed by atoms with Gasteiger partial charge in [0, 0.05) is 18.9 Å². The van der Waals surface area contributed by atoms with Crippen LogP contribution in [-0.4, -0.2) is 41.9 Å². The van der Waals surface area contributed by atoms with Crippen LogP contribution >= 0.6 is 0 Å². The Morgan fingerprint density at radius 1 is 1.08 bits per heavy atom. The lowest BCUT2D eigenvalue weighted by Gasteiger charge is -2.09. The number of likely N-dealkylation sites (N-methyl/N-ethyl adjacent to an activating group) is 1. The first-order valence-corrected chi connectivity index (χ1v) is 7.99. The summed E-state index contributed by atoms with van der Waals surface area (Å²) in [6.45, 7) is 2.43. The van der Waals surface area contributed by atoms with E-state index in [9.17, 15) is 0 Å². The van der Waals surface area contributed by atoms with E-state index in [0.717, 1.165) is 16.9 Å². The molecular formula is C19H23N3O3. The van der Waals surface area contributed by atoms with Crippen LogP contribution in [0.5, 0.6) is 17.4 Å². The number of hydrogen-bond donors (Lipinski definition) is 2. The number of methoxy groups -OCH3 is 1. The summed E-state index contributed by atoms with van der Waals surface area (Å²) in [4.78, 5) is 8.42. The minimum Gasteiger partial charge on any atom is -0.479 e. The van der Waals surface area contributed by atoms with E-state index in [0.29, 0.717) is 17.9 Å². The minimum absolute atomic E-state index is 0.213. The van der Waals surface area contributed by atoms with Crippen molar-refractivity contribution < 1.29 is 14.6 Å². The quantitative estimate of drug-likeness (QED) is 0.743. The highest BCUT2D eigenvalue weighted by Gasteiger charge is 2.09. The summed E-state index contributed by atoms with van der Waals surface area (Å²) in [5.41, 5.74) is 0.693. The van der Waals surface area contributed by atoms with Crippen molar-refractivity contribution in [3.63, 3.8) is 0 Å². The average Bonchev–Trinajstić information content (AvgIpc) is 2.63. The van der Waals surface area contributed by atoms with Gasteiger partial charge in [0.2, 0.25) is 5.88 Å². The van der Waals surface area contributed by atoms with E-state index in [1.165, 1.54) is 0 Å². The first-order valence-electron chi connectivity index (χ1n) is 7.99. The molecule has 0 bridgehead atoms. The molecule has 0 aliphatic carbocycles. The Labute approximate surface area is 147 Å². The number of fused-ring (bicyclic) bond motifs is 1. The van der Waals surface area contributed by atoms with Crippen molar-refractivity contribution in [3.8, 4) is 17.4 Å². The summed E-state index contributed by atoms with van der Waals surface area (Å²) in [7, 11) is 3.39. The van der Waals surface area contributed by atoms with E-state index in [2.05, 4.69) is 15.3 Å². The molecule has 0 saturated heterocycles. The largest absolute Gasteiger partial charge is 0.479 e. The first kappa shape index (κ1) is 18.6. The molecule has 3 rings (SSSR count). The molecule has 2 heterocycles. The zero-order valence-electron chi connectivity index (χ0n) is 14.6. The fraction of sp³-hybridized carbons (Fsp3) is 0.263. The maximum atomic E-state index is 8.49. The Balaban J connectivity index is 0.000000326. The number of para-hydroxylation sites is 1. The van der Waals surface area contributed by atoms with E-state index in [4.69, 9.17) is 14.6 Å². The van der Waals surface area contributed by atoms with Gasteiger partial charge in [-0.15, -0.1) is 0 Å². The molecule has 1 unspecified atom stereocenters. The third-order valence-electron chi connectivity index (χ3n) is 3.25. The van der Waals surface area contributed by atoms with Gasteiger partial charge in [0.05, 0.1) is 18.6 Å². The van der Waals surface area contributed by atoms with Crippen LogP contribution in [-0.2, 0) is 0 Å². The molecule has 25 heavy (non-hydrogen) atoms. The monoisotopic (exact) mass is 341 g/mol. The number of rotatable bonds is 5. The number of nitrogens with zero attached hydrogens (tertiary/aromatic N) is 2. The molecule has 0 aliphatic heterocycles. The Hall–Kier alpha value is -2.70. The van der Waals surface area contributed by atoms with Crippen molar-refractivity contribution >= 4 is 10.9 Å². The number of hydrogen-bond acceptors (Lipinski definition) is 6. The van der Waals surface area contributed by atoms with Crippen molar-refractivity contribution in [3.05, 3.63) is 54.9 Å². The molecule has 132 valence electrons. The lowest BCUT2D eigenvalue weighted by atomic mass is 10.2. The molecule has 6 nitrogen and oxygen atoms in total. The molecule has 2 N–H and O–H groups in total. The van der Waals surface area contributed by atoms with Gasteiger partial charge >= 0.3 is 0 Å². The summed E-state index contributed by atoms with van der Waals surface area (Å²) < 4.78 is 11.1. The van der Waals surface area contributed by atoms with Gasteiger partial charge in [0.15, 0.2) is 0 Å². The molecule has 1 atom stereocenters. The van der Waals surface area contributed by atoms with Crippen LogP contribution < -0.4 is 14.8 Å². The number of aromatic nitrogens is 2. The van der Waals surface area contributed by atoms with Crippen LogP contribution in [0, 0.1) is 0 Å². The predicted molar refractivity (Wildman–Crippen MR) is 98.2 cm³/mol. The van der Waals surface area contributed by atoms with E-state index >= 15 is 0 Å². The van der Waals surface area contributed by atoms with E-state index in [-0.39, 0.29) is 6.10 Å². The van der Waals surface area contributed by atoms with Gasteiger partial charge in [0.1, 0.15) is 17.0 Å². The van der Waals surface area contributed by atoms with Crippen LogP contribution in [0.2, 0.25) is 0 Å². The summed E-state index contributed by atoms with van der Waals surface area (Å²) in [6.07, 6.45) is 3.15. The summed E-state index contributed by atoms with van der Waals surface area (Å²) >= 11 is 0. The maximum absolute atomic E-state index is 8.49. The van der Waals surface area contributed by atoms with Crippen molar-refractivity contribution in [2.75, 3.05) is 20.7 Å². The SMILES string of the molecule is CNCC(C)O.COc1nccc2c(Oc3ccccc3)ccnc12. The van der Waals surface area contributed by atoms with Gasteiger partial charge in [-0.2, -0.15) is 0 Å². The standard InChI is InChI=1S/C15H12N2O2.C4H11NO/c1-18-15-14-12(7-9-17-15)13(8-10-16-14)19-11-5-3-2-4-6-11;1-4(6)3-5-2/h2-10H,1H3;4-6H,3H2,1-2H3. The minimum atomic E-state index is -0.213. The second-order valence-electron chi connectivity index (χ2n) is 5.35. The molecular weight excluding hydrogens is 318 g/mol. The number of aliphatic hydroxyl groups excluding tert-OH is 1. The Kier molecular flexibility index (Phi) is 7.13. The molecule has 0 fully saturated rings. The van der Waals surface area contributed by atoms with Gasteiger partial charge in [-0.05, 0) is 38.2 Å². The van der Waals surface area contributed by atoms with E-state index < -0.39 is 0 Å². The second-order valence-corrected chi connectivity index (χ2v) is 5.35. The number of aliphatic hydroxyl groups is 1. The Morgan fingerprint density at radius 3 is 2.40 bits per heavy atom. The van der Waals surface area contributed by atoms with E-state index in [1.807, 2.05) is 49.5 Å². The fourth-order valence-corrected chi connectivity index (χ4v) is 2.18. The number of ether oxygens (including phenoxy) is 2. The smallest absolute Gasteiger partial charge is 0.240 e. The van der Waals surface area contributed by atoms with Gasteiger partial charge in [-0.3, -0.25) is 4.98 Å². The maximum Gasteiger partial charge on any atom is 0.240 e. The molecule has 6 heteroatoms. The third kappa shape index (κ3) is 5.41. The van der Waals surface area contributed by atoms with Crippen molar-refractivity contribution in [1.29, 1.82) is 0 Å². The van der Waals surface area contributed by atoms with Crippen molar-refractivity contribution in [2.24, 2.45) is 0 Å². The first-order chi connectivity index (χ1) is 12.2. The van der Waals surface area contributed by atoms with Gasteiger partial charge in [-0.25, -0.2) is 4.98 Å². The molecule has 2 aromatic heterocycles. The highest BCUT2D eigenvalue weighted by Crippen LogP contribution is 2.31. The molecule has 0 radical (unpaired) electrons. The van der Waals surface area contributed by atoms with Crippen LogP contribution in [0.3, 0.4) is 0 Å². The summed E-state index contributed by atoms with van der Waals surface area (Å²) in [6, 6.07) is 13.3. The number of benzene rings is 1. The third-order valence-corrected chi connectivity index (χ3v) is 3.25. The van der Waals surface area contributed by atoms with Gasteiger partial charge in [0.25, 0.3) is 0 Å². The van der Waals surface area contributed by atoms with Gasteiger partial charge in [-0.1, -0.05) is 18.2 Å².